The highest BCUT2D eigenvalue weighted by Crippen LogP contribution is 2.52. The first-order valence-electron chi connectivity index (χ1n) is 20.2. The summed E-state index contributed by atoms with van der Waals surface area (Å²) in [5.41, 5.74) is 0. The van der Waals surface area contributed by atoms with Gasteiger partial charge >= 0.3 is 30.4 Å². The Morgan fingerprint density at radius 3 is 0.951 bits per heavy atom. The number of carbonyl (C=O) groups excluding carboxylic acids is 4. The summed E-state index contributed by atoms with van der Waals surface area (Å²) < 4.78 is 90.5. The van der Waals surface area contributed by atoms with E-state index < -0.39 is 30.4 Å². The number of hydrogen-bond acceptors (Lipinski definition) is 20. The van der Waals surface area contributed by atoms with Gasteiger partial charge in [-0.25, -0.2) is 0 Å². The lowest BCUT2D eigenvalue weighted by atomic mass is 10.1. The third-order valence-electron chi connectivity index (χ3n) is 9.25. The van der Waals surface area contributed by atoms with Crippen molar-refractivity contribution in [3.05, 3.63) is 0 Å². The summed E-state index contributed by atoms with van der Waals surface area (Å²) in [6, 6.07) is 0. The first kappa shape index (κ1) is 59.7. The Bertz CT molecular complexity index is 1270. The molecule has 0 aliphatic rings. The predicted octanol–water partition coefficient (Wildman–Crippen LogP) is 4.20. The smallest absolute Gasteiger partial charge is 0.344 e. The van der Waals surface area contributed by atoms with Crippen LogP contribution in [0.4, 0.5) is 0 Å². The van der Waals surface area contributed by atoms with Crippen molar-refractivity contribution in [2.24, 2.45) is 0 Å². The van der Waals surface area contributed by atoms with Crippen LogP contribution in [0, 0.1) is 0 Å². The molecule has 0 spiro atoms. The average Bonchev–Trinajstić information content (AvgIpc) is 3.25. The third kappa shape index (κ3) is 29.0. The lowest BCUT2D eigenvalue weighted by Gasteiger charge is -2.27. The van der Waals surface area contributed by atoms with E-state index in [1.54, 1.807) is 9.80 Å². The minimum Gasteiger partial charge on any atom is -0.356 e. The fourth-order valence-corrected chi connectivity index (χ4v) is 10.3. The second kappa shape index (κ2) is 34.1. The van der Waals surface area contributed by atoms with E-state index in [0.717, 1.165) is 6.42 Å². The van der Waals surface area contributed by atoms with Gasteiger partial charge in [0.2, 0.25) is 11.8 Å². The fraction of sp³-hybridized carbons (Fsp3) is 0.886. The second-order valence-electron chi connectivity index (χ2n) is 13.8. The maximum atomic E-state index is 12.6. The zero-order valence-electron chi connectivity index (χ0n) is 37.5. The molecule has 0 unspecified atom stereocenters. The maximum absolute atomic E-state index is 12.6. The van der Waals surface area contributed by atoms with E-state index in [4.69, 9.17) is 36.2 Å². The van der Waals surface area contributed by atoms with Crippen molar-refractivity contribution >= 4 is 53.8 Å². The number of hydrogen-bond donors (Lipinski definition) is 4. The van der Waals surface area contributed by atoms with Crippen molar-refractivity contribution in [1.82, 2.24) is 31.1 Å². The molecule has 0 rings (SSSR count). The molecule has 0 heterocycles. The molecular weight excluding hydrogens is 884 g/mol. The van der Waals surface area contributed by atoms with Crippen molar-refractivity contribution in [1.29, 1.82) is 0 Å². The number of ketones is 2. The molecule has 0 aromatic heterocycles. The monoisotopic (exact) mass is 958 g/mol. The van der Waals surface area contributed by atoms with Crippen LogP contribution in [0.2, 0.25) is 0 Å². The summed E-state index contributed by atoms with van der Waals surface area (Å²) in [7, 11) is -3.79. The minimum absolute atomic E-state index is 0.0939. The van der Waals surface area contributed by atoms with Gasteiger partial charge in [0.25, 0.3) is 0 Å². The molecule has 0 aliphatic carbocycles. The Labute approximate surface area is 362 Å². The summed E-state index contributed by atoms with van der Waals surface area (Å²) in [5.74, 6) is -0.210. The van der Waals surface area contributed by atoms with Crippen molar-refractivity contribution in [2.45, 2.75) is 70.6 Å². The summed E-state index contributed by atoms with van der Waals surface area (Å²) >= 11 is 0. The quantitative estimate of drug-likeness (QED) is 0.0493. The normalized spacial score (nSPS) is 12.6. The number of nitrogens with zero attached hydrogens (tertiary/aromatic N) is 2. The van der Waals surface area contributed by atoms with Crippen molar-refractivity contribution in [3.8, 4) is 0 Å². The van der Waals surface area contributed by atoms with Crippen LogP contribution < -0.4 is 21.3 Å². The molecule has 0 fully saturated rings. The molecule has 0 atom stereocenters. The largest absolute Gasteiger partial charge is 0.356 e. The number of nitrogens with one attached hydrogen (secondary N) is 4. The molecule has 26 heteroatoms. The summed E-state index contributed by atoms with van der Waals surface area (Å²) in [6.45, 7) is 3.76. The van der Waals surface area contributed by atoms with Crippen LogP contribution in [-0.4, -0.2) is 168 Å². The lowest BCUT2D eigenvalue weighted by molar-refractivity contribution is -0.122. The van der Waals surface area contributed by atoms with Gasteiger partial charge in [-0.2, -0.15) is 0 Å². The molecule has 0 aromatic rings. The molecule has 61 heavy (non-hydrogen) atoms. The summed E-state index contributed by atoms with van der Waals surface area (Å²) in [5, 5.41) is 12.1. The Morgan fingerprint density at radius 2 is 0.672 bits per heavy atom. The highest BCUT2D eigenvalue weighted by molar-refractivity contribution is 7.55. The van der Waals surface area contributed by atoms with Crippen LogP contribution in [0.5, 0.6) is 0 Å². The molecule has 22 nitrogen and oxygen atoms in total. The molecular formula is C35H74N6O16P4. The van der Waals surface area contributed by atoms with Gasteiger partial charge in [0, 0.05) is 122 Å². The molecule has 0 radical (unpaired) electrons. The van der Waals surface area contributed by atoms with E-state index in [-0.39, 0.29) is 74.5 Å². The van der Waals surface area contributed by atoms with Crippen LogP contribution in [-0.2, 0) is 73.6 Å². The number of Topliss-reactive ketones (excluding diaryl/α,β-unsaturated/α-hetero) is 2. The van der Waals surface area contributed by atoms with Crippen LogP contribution >= 0.6 is 30.4 Å². The van der Waals surface area contributed by atoms with Gasteiger partial charge < -0.3 is 57.5 Å². The maximum Gasteiger partial charge on any atom is 0.344 e. The van der Waals surface area contributed by atoms with Crippen LogP contribution in [0.15, 0.2) is 0 Å². The number of rotatable bonds is 42. The van der Waals surface area contributed by atoms with E-state index in [0.29, 0.717) is 90.6 Å². The lowest BCUT2D eigenvalue weighted by Crippen LogP contribution is -2.30. The van der Waals surface area contributed by atoms with E-state index >= 15 is 0 Å². The summed E-state index contributed by atoms with van der Waals surface area (Å²) in [6.07, 6.45) is 3.74. The van der Waals surface area contributed by atoms with E-state index in [1.165, 1.54) is 56.9 Å². The molecule has 360 valence electrons. The zero-order valence-corrected chi connectivity index (χ0v) is 41.1. The van der Waals surface area contributed by atoms with Crippen molar-refractivity contribution < 1.29 is 73.6 Å². The van der Waals surface area contributed by atoms with Crippen molar-refractivity contribution in [2.75, 3.05) is 134 Å². The van der Waals surface area contributed by atoms with Gasteiger partial charge in [-0.05, 0) is 58.3 Å². The van der Waals surface area contributed by atoms with Gasteiger partial charge in [-0.15, -0.1) is 0 Å². The predicted molar refractivity (Wildman–Crippen MR) is 232 cm³/mol. The Kier molecular flexibility index (Phi) is 33.4. The molecule has 0 saturated carbocycles. The molecule has 4 N–H and O–H groups in total. The number of carbonyl (C=O) groups is 4. The van der Waals surface area contributed by atoms with Gasteiger partial charge in [0.05, 0.1) is 0 Å². The molecule has 0 aliphatic heterocycles. The second-order valence-corrected chi connectivity index (χ2v) is 22.7. The highest BCUT2D eigenvalue weighted by Gasteiger charge is 2.33. The molecule has 0 saturated heterocycles. The third-order valence-corrected chi connectivity index (χ3v) is 16.7. The Morgan fingerprint density at radius 1 is 0.377 bits per heavy atom. The van der Waals surface area contributed by atoms with Crippen molar-refractivity contribution in [3.63, 3.8) is 0 Å². The highest BCUT2D eigenvalue weighted by atomic mass is 31.2. The van der Waals surface area contributed by atoms with Gasteiger partial charge in [-0.1, -0.05) is 0 Å². The van der Waals surface area contributed by atoms with Gasteiger partial charge in [0.1, 0.15) is 36.7 Å². The Balaban J connectivity index is 4.06. The molecule has 0 bridgehead atoms. The first-order chi connectivity index (χ1) is 28.9. The van der Waals surface area contributed by atoms with Crippen LogP contribution in [0.3, 0.4) is 0 Å². The minimum atomic E-state index is -3.46. The van der Waals surface area contributed by atoms with Gasteiger partial charge in [0.15, 0.2) is 0 Å². The zero-order chi connectivity index (χ0) is 46.2. The van der Waals surface area contributed by atoms with Crippen LogP contribution in [0.1, 0.15) is 70.6 Å². The van der Waals surface area contributed by atoms with Gasteiger partial charge in [-0.3, -0.25) is 47.2 Å². The SMILES string of the molecule is COP(=O)(CN(CCCC(=O)NCCCC(=O)CCNCCCNCCC(=O)CCCNC(=O)CCCN(CP(=O)(OC)OC)CP(=O)(OC)OC)CP(=O)(OC)OC)OC. The van der Waals surface area contributed by atoms with Crippen LogP contribution in [0.25, 0.3) is 0 Å². The molecule has 0 aromatic carbocycles. The number of amides is 2. The summed E-state index contributed by atoms with van der Waals surface area (Å²) in [4.78, 5) is 52.3. The standard InChI is InChI=1S/C35H74N6O16P4/c1-50-58(46,51-2)28-40(29-59(47,52-3)53-4)26-11-16-34(44)38-22-9-14-32(42)18-24-36-20-13-21-37-25-19-33(43)15-10-23-39-35(45)17-12-27-41(30-60(48,54-5)55-6)31-61(49,56-7)57-8/h36-37H,9-31H2,1-8H3,(H,38,44)(H,39,45). The van der Waals surface area contributed by atoms with E-state index in [9.17, 15) is 37.4 Å². The first-order valence-corrected chi connectivity index (χ1v) is 27.1. The average molecular weight is 959 g/mol. The fourth-order valence-electron chi connectivity index (χ4n) is 5.54. The molecule has 2 amide bonds. The Hall–Kier alpha value is -1.28. The topological polar surface area (TPSA) is 265 Å². The van der Waals surface area contributed by atoms with E-state index in [1.807, 2.05) is 0 Å². The van der Waals surface area contributed by atoms with E-state index in [2.05, 4.69) is 21.3 Å².